The maximum atomic E-state index is 13.0. The predicted octanol–water partition coefficient (Wildman–Crippen LogP) is 0.740. The van der Waals surface area contributed by atoms with Crippen LogP contribution in [0.4, 0.5) is 4.39 Å². The number of nitrogens with two attached hydrogens (primary N) is 1. The fourth-order valence-electron chi connectivity index (χ4n) is 1.60. The largest absolute Gasteiger partial charge is 0.369 e. The van der Waals surface area contributed by atoms with Crippen molar-refractivity contribution in [3.63, 3.8) is 0 Å². The van der Waals surface area contributed by atoms with E-state index in [0.29, 0.717) is 11.2 Å². The second kappa shape index (κ2) is 3.34. The zero-order valence-electron chi connectivity index (χ0n) is 8.20. The number of carbonyl (C=O) groups is 1. The van der Waals surface area contributed by atoms with Crippen molar-refractivity contribution in [3.8, 4) is 0 Å². The van der Waals surface area contributed by atoms with Crippen molar-refractivity contribution in [3.05, 3.63) is 29.7 Å². The first-order valence-corrected chi connectivity index (χ1v) is 4.47. The molecular formula is C10H10FN3O. The van der Waals surface area contributed by atoms with E-state index in [1.807, 2.05) is 0 Å². The van der Waals surface area contributed by atoms with E-state index in [4.69, 9.17) is 5.73 Å². The van der Waals surface area contributed by atoms with Gasteiger partial charge in [0, 0.05) is 12.4 Å². The molecule has 15 heavy (non-hydrogen) atoms. The average molecular weight is 207 g/mol. The Morgan fingerprint density at radius 3 is 3.00 bits per heavy atom. The molecule has 78 valence electrons. The number of aromatic nitrogens is 2. The Labute approximate surface area is 85.5 Å². The summed E-state index contributed by atoms with van der Waals surface area (Å²) in [6.07, 6.45) is 0.0724. The number of benzene rings is 1. The average Bonchev–Trinajstić information content (AvgIpc) is 2.42. The summed E-state index contributed by atoms with van der Waals surface area (Å²) in [5, 5.41) is 4.88. The summed E-state index contributed by atoms with van der Waals surface area (Å²) in [5.41, 5.74) is 6.33. The summed E-state index contributed by atoms with van der Waals surface area (Å²) in [5.74, 6) is -0.768. The fourth-order valence-corrected chi connectivity index (χ4v) is 1.60. The molecule has 0 fully saturated rings. The van der Waals surface area contributed by atoms with Crippen LogP contribution in [0.15, 0.2) is 18.2 Å². The molecule has 1 aromatic carbocycles. The highest BCUT2D eigenvalue weighted by Gasteiger charge is 2.10. The minimum absolute atomic E-state index is 0.0724. The van der Waals surface area contributed by atoms with Gasteiger partial charge in [0.2, 0.25) is 5.91 Å². The van der Waals surface area contributed by atoms with Crippen LogP contribution in [0.25, 0.3) is 10.9 Å². The zero-order valence-corrected chi connectivity index (χ0v) is 8.20. The van der Waals surface area contributed by atoms with Crippen LogP contribution < -0.4 is 5.73 Å². The first kappa shape index (κ1) is 9.64. The minimum atomic E-state index is -0.445. The molecule has 1 heterocycles. The van der Waals surface area contributed by atoms with Gasteiger partial charge in [0.1, 0.15) is 5.82 Å². The van der Waals surface area contributed by atoms with Crippen LogP contribution in [0.2, 0.25) is 0 Å². The van der Waals surface area contributed by atoms with Crippen LogP contribution in [0.3, 0.4) is 0 Å². The lowest BCUT2D eigenvalue weighted by Gasteiger charge is -1.93. The zero-order chi connectivity index (χ0) is 11.0. The SMILES string of the molecule is Cn1nc(CC(N)=O)c2ccc(F)cc21. The van der Waals surface area contributed by atoms with Crippen molar-refractivity contribution in [1.29, 1.82) is 0 Å². The number of fused-ring (bicyclic) bond motifs is 1. The molecule has 2 rings (SSSR count). The topological polar surface area (TPSA) is 60.9 Å². The lowest BCUT2D eigenvalue weighted by atomic mass is 10.1. The molecule has 0 aliphatic rings. The van der Waals surface area contributed by atoms with Crippen molar-refractivity contribution in [2.24, 2.45) is 12.8 Å². The molecule has 0 radical (unpaired) electrons. The third-order valence-electron chi connectivity index (χ3n) is 2.23. The van der Waals surface area contributed by atoms with Gasteiger partial charge in [0.15, 0.2) is 0 Å². The molecule has 0 saturated heterocycles. The normalized spacial score (nSPS) is 10.8. The van der Waals surface area contributed by atoms with Crippen LogP contribution in [-0.4, -0.2) is 15.7 Å². The Hall–Kier alpha value is -1.91. The molecule has 0 bridgehead atoms. The lowest BCUT2D eigenvalue weighted by Crippen LogP contribution is -2.14. The molecule has 0 spiro atoms. The number of primary amides is 1. The maximum Gasteiger partial charge on any atom is 0.223 e. The minimum Gasteiger partial charge on any atom is -0.369 e. The van der Waals surface area contributed by atoms with Crippen LogP contribution >= 0.6 is 0 Å². The second-order valence-electron chi connectivity index (χ2n) is 3.37. The van der Waals surface area contributed by atoms with Gasteiger partial charge in [-0.25, -0.2) is 4.39 Å². The molecule has 0 aliphatic heterocycles. The van der Waals surface area contributed by atoms with Crippen LogP contribution in [-0.2, 0) is 18.3 Å². The highest BCUT2D eigenvalue weighted by molar-refractivity contribution is 5.87. The maximum absolute atomic E-state index is 13.0. The standard InChI is InChI=1S/C10H10FN3O/c1-14-9-4-6(11)2-3-7(9)8(13-14)5-10(12)15/h2-4H,5H2,1H3,(H2,12,15). The Balaban J connectivity index is 2.62. The Morgan fingerprint density at radius 1 is 1.60 bits per heavy atom. The first-order chi connectivity index (χ1) is 7.08. The smallest absolute Gasteiger partial charge is 0.223 e. The summed E-state index contributed by atoms with van der Waals surface area (Å²) in [4.78, 5) is 10.8. The monoisotopic (exact) mass is 207 g/mol. The molecule has 0 unspecified atom stereocenters. The molecule has 1 amide bonds. The van der Waals surface area contributed by atoms with Gasteiger partial charge < -0.3 is 5.73 Å². The van der Waals surface area contributed by atoms with E-state index in [9.17, 15) is 9.18 Å². The molecule has 0 aliphatic carbocycles. The summed E-state index contributed by atoms with van der Waals surface area (Å²) in [6, 6.07) is 4.33. The Kier molecular flexibility index (Phi) is 2.15. The molecule has 5 heteroatoms. The fraction of sp³-hybridized carbons (Fsp3) is 0.200. The molecule has 0 saturated carbocycles. The summed E-state index contributed by atoms with van der Waals surface area (Å²) in [6.45, 7) is 0. The van der Waals surface area contributed by atoms with Crippen molar-refractivity contribution in [1.82, 2.24) is 9.78 Å². The van der Waals surface area contributed by atoms with E-state index < -0.39 is 5.91 Å². The van der Waals surface area contributed by atoms with E-state index in [1.165, 1.54) is 16.8 Å². The number of amides is 1. The third-order valence-corrected chi connectivity index (χ3v) is 2.23. The number of carbonyl (C=O) groups excluding carboxylic acids is 1. The van der Waals surface area contributed by atoms with E-state index in [0.717, 1.165) is 5.39 Å². The van der Waals surface area contributed by atoms with Crippen molar-refractivity contribution >= 4 is 16.8 Å². The lowest BCUT2D eigenvalue weighted by molar-refractivity contribution is -0.117. The quantitative estimate of drug-likeness (QED) is 0.789. The molecule has 0 atom stereocenters. The summed E-state index contributed by atoms with van der Waals surface area (Å²) >= 11 is 0. The predicted molar refractivity (Wildman–Crippen MR) is 53.6 cm³/mol. The van der Waals surface area contributed by atoms with Gasteiger partial charge in [0.05, 0.1) is 17.6 Å². The molecule has 4 nitrogen and oxygen atoms in total. The Morgan fingerprint density at radius 2 is 2.33 bits per heavy atom. The van der Waals surface area contributed by atoms with Gasteiger partial charge in [0.25, 0.3) is 0 Å². The van der Waals surface area contributed by atoms with E-state index in [-0.39, 0.29) is 12.2 Å². The van der Waals surface area contributed by atoms with Gasteiger partial charge in [-0.1, -0.05) is 0 Å². The van der Waals surface area contributed by atoms with Crippen LogP contribution in [0.5, 0.6) is 0 Å². The van der Waals surface area contributed by atoms with E-state index in [2.05, 4.69) is 5.10 Å². The number of hydrogen-bond acceptors (Lipinski definition) is 2. The molecular weight excluding hydrogens is 197 g/mol. The van der Waals surface area contributed by atoms with Crippen molar-refractivity contribution < 1.29 is 9.18 Å². The second-order valence-corrected chi connectivity index (χ2v) is 3.37. The van der Waals surface area contributed by atoms with Gasteiger partial charge in [-0.05, 0) is 18.2 Å². The first-order valence-electron chi connectivity index (χ1n) is 4.47. The van der Waals surface area contributed by atoms with Gasteiger partial charge in [-0.15, -0.1) is 0 Å². The number of halogens is 1. The van der Waals surface area contributed by atoms with Crippen LogP contribution in [0.1, 0.15) is 5.69 Å². The van der Waals surface area contributed by atoms with E-state index in [1.54, 1.807) is 13.1 Å². The van der Waals surface area contributed by atoms with Gasteiger partial charge in [-0.2, -0.15) is 5.10 Å². The van der Waals surface area contributed by atoms with Crippen molar-refractivity contribution in [2.45, 2.75) is 6.42 Å². The molecule has 1 aromatic heterocycles. The highest BCUT2D eigenvalue weighted by Crippen LogP contribution is 2.19. The summed E-state index contributed by atoms with van der Waals surface area (Å²) in [7, 11) is 1.70. The third kappa shape index (κ3) is 1.68. The highest BCUT2D eigenvalue weighted by atomic mass is 19.1. The number of hydrogen-bond donors (Lipinski definition) is 1. The van der Waals surface area contributed by atoms with Gasteiger partial charge in [-0.3, -0.25) is 9.48 Å². The Bertz CT molecular complexity index is 533. The number of nitrogens with zero attached hydrogens (tertiary/aromatic N) is 2. The molecule has 2 N–H and O–H groups in total. The number of aryl methyl sites for hydroxylation is 1. The van der Waals surface area contributed by atoms with Crippen LogP contribution in [0, 0.1) is 5.82 Å². The summed E-state index contributed by atoms with van der Waals surface area (Å²) < 4.78 is 14.5. The molecule has 2 aromatic rings. The van der Waals surface area contributed by atoms with E-state index >= 15 is 0 Å². The van der Waals surface area contributed by atoms with Gasteiger partial charge >= 0.3 is 0 Å². The van der Waals surface area contributed by atoms with Crippen molar-refractivity contribution in [2.75, 3.05) is 0 Å². The number of rotatable bonds is 2.